The summed E-state index contributed by atoms with van der Waals surface area (Å²) in [7, 11) is 0. The molecule has 5 heteroatoms. The highest BCUT2D eigenvalue weighted by molar-refractivity contribution is 6.30. The summed E-state index contributed by atoms with van der Waals surface area (Å²) in [5, 5.41) is 0.352. The molecular formula is C13H13ClFN3. The van der Waals surface area contributed by atoms with Gasteiger partial charge in [-0.25, -0.2) is 9.82 Å². The van der Waals surface area contributed by atoms with E-state index in [9.17, 15) is 4.39 Å². The summed E-state index contributed by atoms with van der Waals surface area (Å²) in [6.45, 7) is 1.90. The maximum Gasteiger partial charge on any atom is 0.129 e. The van der Waals surface area contributed by atoms with Gasteiger partial charge in [-0.1, -0.05) is 23.7 Å². The summed E-state index contributed by atoms with van der Waals surface area (Å²) in [4.78, 5) is 4.25. The fourth-order valence-corrected chi connectivity index (χ4v) is 2.01. The number of hydrazine groups is 1. The van der Waals surface area contributed by atoms with Crippen LogP contribution in [0.25, 0.3) is 0 Å². The van der Waals surface area contributed by atoms with Crippen molar-refractivity contribution in [3.05, 3.63) is 64.2 Å². The molecule has 94 valence electrons. The van der Waals surface area contributed by atoms with Crippen molar-refractivity contribution >= 4 is 11.6 Å². The van der Waals surface area contributed by atoms with Gasteiger partial charge in [-0.15, -0.1) is 0 Å². The third kappa shape index (κ3) is 2.51. The van der Waals surface area contributed by atoms with Gasteiger partial charge < -0.3 is 0 Å². The molecular weight excluding hydrogens is 253 g/mol. The predicted molar refractivity (Wildman–Crippen MR) is 69.6 cm³/mol. The first-order valence-corrected chi connectivity index (χ1v) is 5.84. The number of benzene rings is 1. The fourth-order valence-electron chi connectivity index (χ4n) is 1.85. The van der Waals surface area contributed by atoms with Crippen LogP contribution in [0.5, 0.6) is 0 Å². The molecule has 0 aliphatic rings. The summed E-state index contributed by atoms with van der Waals surface area (Å²) < 4.78 is 13.9. The average molecular weight is 266 g/mol. The number of hydrogen-bond acceptors (Lipinski definition) is 3. The Morgan fingerprint density at radius 2 is 2.17 bits per heavy atom. The van der Waals surface area contributed by atoms with Gasteiger partial charge in [0.1, 0.15) is 5.82 Å². The molecule has 0 fully saturated rings. The van der Waals surface area contributed by atoms with Gasteiger partial charge in [0.25, 0.3) is 0 Å². The van der Waals surface area contributed by atoms with E-state index in [1.165, 1.54) is 6.07 Å². The van der Waals surface area contributed by atoms with Crippen LogP contribution in [0.4, 0.5) is 4.39 Å². The Hall–Kier alpha value is -1.49. The zero-order valence-corrected chi connectivity index (χ0v) is 10.6. The van der Waals surface area contributed by atoms with Crippen LogP contribution in [-0.2, 0) is 0 Å². The van der Waals surface area contributed by atoms with Crippen molar-refractivity contribution in [1.29, 1.82) is 0 Å². The number of pyridine rings is 1. The summed E-state index contributed by atoms with van der Waals surface area (Å²) in [6.07, 6.45) is 1.65. The highest BCUT2D eigenvalue weighted by atomic mass is 35.5. The Kier molecular flexibility index (Phi) is 3.91. The zero-order valence-electron chi connectivity index (χ0n) is 9.82. The van der Waals surface area contributed by atoms with E-state index < -0.39 is 11.9 Å². The number of nitrogens with two attached hydrogens (primary N) is 1. The minimum absolute atomic E-state index is 0.352. The van der Waals surface area contributed by atoms with E-state index in [0.29, 0.717) is 16.3 Å². The number of halogens is 2. The summed E-state index contributed by atoms with van der Waals surface area (Å²) in [6, 6.07) is 7.73. The van der Waals surface area contributed by atoms with E-state index in [2.05, 4.69) is 10.4 Å². The lowest BCUT2D eigenvalue weighted by atomic mass is 10.00. The molecule has 2 rings (SSSR count). The Bertz CT molecular complexity index is 560. The van der Waals surface area contributed by atoms with Gasteiger partial charge in [-0.3, -0.25) is 10.8 Å². The average Bonchev–Trinajstić information content (AvgIpc) is 2.34. The minimum Gasteiger partial charge on any atom is -0.271 e. The van der Waals surface area contributed by atoms with Crippen LogP contribution in [0.3, 0.4) is 0 Å². The molecule has 0 spiro atoms. The van der Waals surface area contributed by atoms with Gasteiger partial charge in [0.15, 0.2) is 0 Å². The highest BCUT2D eigenvalue weighted by Gasteiger charge is 2.19. The molecule has 1 unspecified atom stereocenters. The van der Waals surface area contributed by atoms with E-state index in [0.717, 1.165) is 5.56 Å². The molecule has 0 saturated heterocycles. The number of hydrogen-bond donors (Lipinski definition) is 2. The third-order valence-corrected chi connectivity index (χ3v) is 3.00. The predicted octanol–water partition coefficient (Wildman–Crippen LogP) is 2.74. The molecule has 3 nitrogen and oxygen atoms in total. The van der Waals surface area contributed by atoms with Crippen molar-refractivity contribution in [3.8, 4) is 0 Å². The first-order chi connectivity index (χ1) is 8.63. The SMILES string of the molecule is Cc1cccnc1C(NN)c1ccc(Cl)cc1F. The number of aromatic nitrogens is 1. The molecule has 0 aliphatic carbocycles. The first kappa shape index (κ1) is 13.0. The molecule has 0 bridgehead atoms. The van der Waals surface area contributed by atoms with Crippen molar-refractivity contribution < 1.29 is 4.39 Å². The Balaban J connectivity index is 2.49. The standard InChI is InChI=1S/C13H13ClFN3/c1-8-3-2-6-17-12(8)13(18-16)10-5-4-9(14)7-11(10)15/h2-7,13,18H,16H2,1H3. The van der Waals surface area contributed by atoms with Gasteiger partial charge in [0.2, 0.25) is 0 Å². The Labute approximate surface area is 110 Å². The summed E-state index contributed by atoms with van der Waals surface area (Å²) >= 11 is 5.73. The second-order valence-corrected chi connectivity index (χ2v) is 4.41. The van der Waals surface area contributed by atoms with E-state index in [4.69, 9.17) is 17.4 Å². The largest absolute Gasteiger partial charge is 0.271 e. The monoisotopic (exact) mass is 265 g/mol. The molecule has 0 radical (unpaired) electrons. The molecule has 1 heterocycles. The topological polar surface area (TPSA) is 50.9 Å². The van der Waals surface area contributed by atoms with Crippen molar-refractivity contribution in [1.82, 2.24) is 10.4 Å². The summed E-state index contributed by atoms with van der Waals surface area (Å²) in [5.74, 6) is 5.12. The van der Waals surface area contributed by atoms with Crippen LogP contribution in [0.2, 0.25) is 5.02 Å². The number of aryl methyl sites for hydroxylation is 1. The maximum absolute atomic E-state index is 13.9. The molecule has 0 aliphatic heterocycles. The smallest absolute Gasteiger partial charge is 0.129 e. The van der Waals surface area contributed by atoms with Gasteiger partial charge in [-0.05, 0) is 30.7 Å². The van der Waals surface area contributed by atoms with E-state index in [1.807, 2.05) is 19.1 Å². The second kappa shape index (κ2) is 5.44. The molecule has 1 aromatic heterocycles. The van der Waals surface area contributed by atoms with Crippen LogP contribution in [-0.4, -0.2) is 4.98 Å². The van der Waals surface area contributed by atoms with Crippen molar-refractivity contribution in [2.75, 3.05) is 0 Å². The van der Waals surface area contributed by atoms with Crippen molar-refractivity contribution in [2.24, 2.45) is 5.84 Å². The summed E-state index contributed by atoms with van der Waals surface area (Å²) in [5.41, 5.74) is 4.65. The van der Waals surface area contributed by atoms with Gasteiger partial charge in [0.05, 0.1) is 11.7 Å². The maximum atomic E-state index is 13.9. The third-order valence-electron chi connectivity index (χ3n) is 2.76. The Morgan fingerprint density at radius 1 is 1.39 bits per heavy atom. The molecule has 0 saturated carbocycles. The fraction of sp³-hybridized carbons (Fsp3) is 0.154. The number of rotatable bonds is 3. The molecule has 18 heavy (non-hydrogen) atoms. The van der Waals surface area contributed by atoms with Gasteiger partial charge >= 0.3 is 0 Å². The van der Waals surface area contributed by atoms with Gasteiger partial charge in [0, 0.05) is 16.8 Å². The van der Waals surface area contributed by atoms with E-state index >= 15 is 0 Å². The van der Waals surface area contributed by atoms with E-state index in [1.54, 1.807) is 18.3 Å². The molecule has 1 aromatic carbocycles. The Morgan fingerprint density at radius 3 is 2.78 bits per heavy atom. The zero-order chi connectivity index (χ0) is 13.1. The molecule has 3 N–H and O–H groups in total. The van der Waals surface area contributed by atoms with Crippen LogP contribution in [0, 0.1) is 12.7 Å². The quantitative estimate of drug-likeness (QED) is 0.663. The van der Waals surface area contributed by atoms with Crippen LogP contribution in [0.15, 0.2) is 36.5 Å². The normalized spacial score (nSPS) is 12.4. The number of nitrogens with zero attached hydrogens (tertiary/aromatic N) is 1. The van der Waals surface area contributed by atoms with Gasteiger partial charge in [-0.2, -0.15) is 0 Å². The molecule has 1 atom stereocenters. The molecule has 2 aromatic rings. The van der Waals surface area contributed by atoms with Crippen LogP contribution < -0.4 is 11.3 Å². The lowest BCUT2D eigenvalue weighted by Crippen LogP contribution is -2.30. The van der Waals surface area contributed by atoms with E-state index in [-0.39, 0.29) is 0 Å². The van der Waals surface area contributed by atoms with Crippen molar-refractivity contribution in [3.63, 3.8) is 0 Å². The first-order valence-electron chi connectivity index (χ1n) is 5.46. The van der Waals surface area contributed by atoms with Crippen LogP contribution >= 0.6 is 11.6 Å². The highest BCUT2D eigenvalue weighted by Crippen LogP contribution is 2.26. The second-order valence-electron chi connectivity index (χ2n) is 3.97. The molecule has 0 amide bonds. The lowest BCUT2D eigenvalue weighted by molar-refractivity contribution is 0.551. The lowest BCUT2D eigenvalue weighted by Gasteiger charge is -2.18. The minimum atomic E-state index is -0.497. The van der Waals surface area contributed by atoms with Crippen LogP contribution in [0.1, 0.15) is 22.9 Å². The number of nitrogens with one attached hydrogen (secondary N) is 1. The van der Waals surface area contributed by atoms with Crippen molar-refractivity contribution in [2.45, 2.75) is 13.0 Å².